The molecule has 7 heteroatoms. The lowest BCUT2D eigenvalue weighted by Crippen LogP contribution is -2.48. The normalized spacial score (nSPS) is 30.5. The number of nitrogens with zero attached hydrogens (tertiary/aromatic N) is 1. The maximum atomic E-state index is 13.6. The molecule has 1 saturated heterocycles. The van der Waals surface area contributed by atoms with Crippen molar-refractivity contribution in [3.05, 3.63) is 78.4 Å². The minimum absolute atomic E-state index is 0.0708. The average Bonchev–Trinajstić information content (AvgIpc) is 3.66. The van der Waals surface area contributed by atoms with Crippen LogP contribution >= 0.6 is 0 Å². The smallest absolute Gasteiger partial charge is 0.330 e. The van der Waals surface area contributed by atoms with Gasteiger partial charge >= 0.3 is 5.97 Å². The van der Waals surface area contributed by atoms with E-state index in [0.717, 1.165) is 16.9 Å². The van der Waals surface area contributed by atoms with Gasteiger partial charge < -0.3 is 10.1 Å². The Bertz CT molecular complexity index is 1170. The third-order valence-electron chi connectivity index (χ3n) is 7.96. The van der Waals surface area contributed by atoms with Crippen LogP contribution in [0, 0.1) is 35.5 Å². The molecule has 3 amide bonds. The number of hydrogen-bond acceptors (Lipinski definition) is 5. The molecular weight excluding hydrogens is 444 g/mol. The van der Waals surface area contributed by atoms with Crippen LogP contribution in [0.5, 0.6) is 0 Å². The van der Waals surface area contributed by atoms with Crippen LogP contribution in [-0.2, 0) is 30.3 Å². The molecule has 0 unspecified atom stereocenters. The van der Waals surface area contributed by atoms with E-state index < -0.39 is 36.4 Å². The second-order valence-electron chi connectivity index (χ2n) is 9.93. The molecule has 178 valence electrons. The number of nitrogens with one attached hydrogen (secondary N) is 1. The summed E-state index contributed by atoms with van der Waals surface area (Å²) < 4.78 is 5.36. The molecule has 2 aromatic carbocycles. The number of amides is 3. The van der Waals surface area contributed by atoms with Crippen LogP contribution in [0.2, 0.25) is 0 Å². The number of ether oxygens (including phenoxy) is 1. The Morgan fingerprint density at radius 1 is 0.886 bits per heavy atom. The number of carbonyl (C=O) groups excluding carboxylic acids is 4. The lowest BCUT2D eigenvalue weighted by Gasteiger charge is -2.37. The van der Waals surface area contributed by atoms with E-state index in [4.69, 9.17) is 4.74 Å². The van der Waals surface area contributed by atoms with Gasteiger partial charge in [0.25, 0.3) is 5.91 Å². The molecule has 2 bridgehead atoms. The van der Waals surface area contributed by atoms with Crippen molar-refractivity contribution in [3.8, 4) is 0 Å². The highest BCUT2D eigenvalue weighted by atomic mass is 16.5. The number of anilines is 1. The molecule has 35 heavy (non-hydrogen) atoms. The quantitative estimate of drug-likeness (QED) is 0.382. The second-order valence-corrected chi connectivity index (χ2v) is 9.93. The Morgan fingerprint density at radius 2 is 1.46 bits per heavy atom. The maximum Gasteiger partial charge on any atom is 0.330 e. The van der Waals surface area contributed by atoms with Crippen LogP contribution in [0.25, 0.3) is 0 Å². The molecule has 5 aliphatic rings. The minimum atomic E-state index is -1.11. The van der Waals surface area contributed by atoms with Crippen LogP contribution in [0.15, 0.2) is 72.8 Å². The highest BCUT2D eigenvalue weighted by molar-refractivity contribution is 6.09. The predicted molar refractivity (Wildman–Crippen MR) is 127 cm³/mol. The molecule has 2 aromatic rings. The van der Waals surface area contributed by atoms with E-state index in [2.05, 4.69) is 17.5 Å². The molecule has 1 N–H and O–H groups in total. The summed E-state index contributed by atoms with van der Waals surface area (Å²) >= 11 is 0. The monoisotopic (exact) mass is 470 g/mol. The van der Waals surface area contributed by atoms with E-state index in [9.17, 15) is 19.2 Å². The van der Waals surface area contributed by atoms with Gasteiger partial charge in [-0.05, 0) is 47.8 Å². The van der Waals surface area contributed by atoms with Gasteiger partial charge in [-0.15, -0.1) is 0 Å². The Balaban J connectivity index is 1.22. The Morgan fingerprint density at radius 3 is 2.06 bits per heavy atom. The molecule has 1 heterocycles. The SMILES string of the molecule is O=C(COC(=O)[C@@H](Cc1ccccc1)N1C(=O)[C@@H]2[C@@H]3C=C[C@H]([C@H]4C[C@@H]34)[C@@H]2C1=O)Nc1ccccc1. The summed E-state index contributed by atoms with van der Waals surface area (Å²) in [6, 6.07) is 17.0. The number of allylic oxidation sites excluding steroid dienone is 2. The van der Waals surface area contributed by atoms with Crippen molar-refractivity contribution in [2.24, 2.45) is 35.5 Å². The predicted octanol–water partition coefficient (Wildman–Crippen LogP) is 2.83. The fraction of sp³-hybridized carbons (Fsp3) is 0.357. The third-order valence-corrected chi connectivity index (χ3v) is 7.96. The molecule has 0 aromatic heterocycles. The number of carbonyl (C=O) groups is 4. The number of para-hydroxylation sites is 1. The number of likely N-dealkylation sites (tertiary alicyclic amines) is 1. The van der Waals surface area contributed by atoms with E-state index in [0.29, 0.717) is 17.5 Å². The summed E-state index contributed by atoms with van der Waals surface area (Å²) in [6.07, 6.45) is 5.43. The highest BCUT2D eigenvalue weighted by Gasteiger charge is 2.68. The standard InChI is InChI=1S/C28H26N2O5/c31-23(29-17-9-5-2-6-10-17)15-35-28(34)22(13-16-7-3-1-4-8-16)30-26(32)24-18-11-12-19(21-14-20(18)21)25(24)27(30)33/h1-12,18-22,24-25H,13-15H2,(H,29,31)/t18-,19-,20-,21+,22-,24+,25-/m1/s1. The maximum absolute atomic E-state index is 13.6. The minimum Gasteiger partial charge on any atom is -0.454 e. The van der Waals surface area contributed by atoms with Crippen molar-refractivity contribution >= 4 is 29.4 Å². The van der Waals surface area contributed by atoms with Gasteiger partial charge in [0.15, 0.2) is 6.61 Å². The first-order valence-electron chi connectivity index (χ1n) is 12.1. The van der Waals surface area contributed by atoms with Crippen LogP contribution in [0.4, 0.5) is 5.69 Å². The molecule has 0 radical (unpaired) electrons. The van der Waals surface area contributed by atoms with Crippen molar-refractivity contribution in [2.45, 2.75) is 18.9 Å². The van der Waals surface area contributed by atoms with E-state index in [1.54, 1.807) is 24.3 Å². The summed E-state index contributed by atoms with van der Waals surface area (Å²) in [5, 5.41) is 2.67. The number of imide groups is 1. The molecule has 0 spiro atoms. The fourth-order valence-corrected chi connectivity index (χ4v) is 6.36. The fourth-order valence-electron chi connectivity index (χ4n) is 6.36. The van der Waals surface area contributed by atoms with Gasteiger partial charge in [0.2, 0.25) is 11.8 Å². The molecule has 1 aliphatic heterocycles. The van der Waals surface area contributed by atoms with E-state index >= 15 is 0 Å². The molecule has 7 rings (SSSR count). The summed E-state index contributed by atoms with van der Waals surface area (Å²) in [4.78, 5) is 54.0. The average molecular weight is 471 g/mol. The van der Waals surface area contributed by atoms with Gasteiger partial charge in [0.05, 0.1) is 11.8 Å². The zero-order valence-corrected chi connectivity index (χ0v) is 19.1. The van der Waals surface area contributed by atoms with Crippen LogP contribution < -0.4 is 5.32 Å². The summed E-state index contributed by atoms with van der Waals surface area (Å²) in [5.74, 6) is -1.49. The van der Waals surface area contributed by atoms with Gasteiger partial charge in [0.1, 0.15) is 6.04 Å². The first-order valence-corrected chi connectivity index (χ1v) is 12.1. The van der Waals surface area contributed by atoms with Crippen LogP contribution in [0.1, 0.15) is 12.0 Å². The van der Waals surface area contributed by atoms with Gasteiger partial charge in [-0.25, -0.2) is 4.79 Å². The first-order chi connectivity index (χ1) is 17.0. The summed E-state index contributed by atoms with van der Waals surface area (Å²) in [7, 11) is 0. The Kier molecular flexibility index (Phi) is 5.28. The molecule has 4 aliphatic carbocycles. The molecule has 7 nitrogen and oxygen atoms in total. The number of benzene rings is 2. The van der Waals surface area contributed by atoms with Crippen molar-refractivity contribution in [1.29, 1.82) is 0 Å². The highest BCUT2D eigenvalue weighted by Crippen LogP contribution is 2.65. The molecular formula is C28H26N2O5. The van der Waals surface area contributed by atoms with Crippen molar-refractivity contribution < 1.29 is 23.9 Å². The molecule has 3 fully saturated rings. The van der Waals surface area contributed by atoms with Crippen molar-refractivity contribution in [1.82, 2.24) is 4.90 Å². The Labute approximate surface area is 203 Å². The van der Waals surface area contributed by atoms with Gasteiger partial charge in [-0.3, -0.25) is 19.3 Å². The van der Waals surface area contributed by atoms with Gasteiger partial charge in [-0.2, -0.15) is 0 Å². The Hall–Kier alpha value is -3.74. The molecule has 2 saturated carbocycles. The lowest BCUT2D eigenvalue weighted by molar-refractivity contribution is -0.160. The van der Waals surface area contributed by atoms with E-state index in [1.807, 2.05) is 36.4 Å². The summed E-state index contributed by atoms with van der Waals surface area (Å²) in [5.41, 5.74) is 1.40. The van der Waals surface area contributed by atoms with Crippen molar-refractivity contribution in [2.75, 3.05) is 11.9 Å². The van der Waals surface area contributed by atoms with Gasteiger partial charge in [-0.1, -0.05) is 60.7 Å². The van der Waals surface area contributed by atoms with Crippen LogP contribution in [-0.4, -0.2) is 41.2 Å². The molecule has 7 atom stereocenters. The van der Waals surface area contributed by atoms with Gasteiger partial charge in [0, 0.05) is 12.1 Å². The zero-order chi connectivity index (χ0) is 24.1. The zero-order valence-electron chi connectivity index (χ0n) is 19.1. The topological polar surface area (TPSA) is 92.8 Å². The second kappa shape index (κ2) is 8.48. The van der Waals surface area contributed by atoms with Crippen LogP contribution in [0.3, 0.4) is 0 Å². The lowest BCUT2D eigenvalue weighted by atomic mass is 9.63. The number of hydrogen-bond donors (Lipinski definition) is 1. The van der Waals surface area contributed by atoms with Crippen molar-refractivity contribution in [3.63, 3.8) is 0 Å². The summed E-state index contributed by atoms with van der Waals surface area (Å²) in [6.45, 7) is -0.501. The third kappa shape index (κ3) is 3.75. The number of rotatable bonds is 7. The van der Waals surface area contributed by atoms with E-state index in [-0.39, 0.29) is 30.1 Å². The van der Waals surface area contributed by atoms with E-state index in [1.165, 1.54) is 0 Å². The number of esters is 1. The first kappa shape index (κ1) is 21.8. The largest absolute Gasteiger partial charge is 0.454 e.